The average Bonchev–Trinajstić information content (AvgIpc) is 3.39. The third kappa shape index (κ3) is 5.34. The molecule has 4 rings (SSSR count). The molecule has 0 amide bonds. The van der Waals surface area contributed by atoms with E-state index < -0.39 is 0 Å². The summed E-state index contributed by atoms with van der Waals surface area (Å²) in [6.45, 7) is 2.86. The molecule has 0 bridgehead atoms. The lowest BCUT2D eigenvalue weighted by atomic mass is 10.1. The van der Waals surface area contributed by atoms with Gasteiger partial charge in [-0.15, -0.1) is 35.3 Å². The number of nitrogens with one attached hydrogen (secondary N) is 1. The fourth-order valence-electron chi connectivity index (χ4n) is 3.25. The standard InChI is InChI=1S/C20H24N6OS.HI/c1-21-20(26-8-9-27-18(13-26)16-10-23-25(2)12-16)22-11-17-14-28-19(24-17)15-6-4-3-5-7-15;/h3-7,10,12,14,18H,8-9,11,13H2,1-2H3,(H,21,22);1H. The summed E-state index contributed by atoms with van der Waals surface area (Å²) in [5.74, 6) is 0.867. The molecule has 1 saturated heterocycles. The number of nitrogens with zero attached hydrogens (tertiary/aromatic N) is 5. The van der Waals surface area contributed by atoms with Crippen LogP contribution in [0.5, 0.6) is 0 Å². The van der Waals surface area contributed by atoms with Gasteiger partial charge in [-0.3, -0.25) is 9.67 Å². The number of aromatic nitrogens is 3. The Balaban J connectivity index is 0.00000240. The van der Waals surface area contributed by atoms with Gasteiger partial charge in [-0.05, 0) is 0 Å². The number of aliphatic imine (C=N–C) groups is 1. The zero-order valence-electron chi connectivity index (χ0n) is 16.5. The first-order valence-corrected chi connectivity index (χ1v) is 10.2. The molecular formula is C20H25IN6OS. The number of morpholine rings is 1. The van der Waals surface area contributed by atoms with E-state index in [1.54, 1.807) is 16.0 Å². The van der Waals surface area contributed by atoms with Gasteiger partial charge in [0, 0.05) is 43.3 Å². The number of rotatable bonds is 4. The Morgan fingerprint density at radius 3 is 2.90 bits per heavy atom. The third-order valence-electron chi connectivity index (χ3n) is 4.67. The Kier molecular flexibility index (Phi) is 7.62. The average molecular weight is 524 g/mol. The van der Waals surface area contributed by atoms with Crippen molar-refractivity contribution in [1.29, 1.82) is 0 Å². The predicted octanol–water partition coefficient (Wildman–Crippen LogP) is 3.31. The number of hydrogen-bond acceptors (Lipinski definition) is 5. The van der Waals surface area contributed by atoms with Gasteiger partial charge in [-0.25, -0.2) is 4.98 Å². The second kappa shape index (κ2) is 10.2. The molecule has 29 heavy (non-hydrogen) atoms. The van der Waals surface area contributed by atoms with E-state index in [1.165, 1.54) is 0 Å². The molecule has 3 aromatic rings. The summed E-state index contributed by atoms with van der Waals surface area (Å²) >= 11 is 1.66. The molecule has 0 saturated carbocycles. The molecule has 3 heterocycles. The van der Waals surface area contributed by atoms with Crippen LogP contribution in [-0.2, 0) is 18.3 Å². The smallest absolute Gasteiger partial charge is 0.194 e. The zero-order chi connectivity index (χ0) is 19.3. The molecule has 1 aliphatic heterocycles. The topological polar surface area (TPSA) is 67.6 Å². The van der Waals surface area contributed by atoms with Crippen molar-refractivity contribution in [1.82, 2.24) is 25.0 Å². The monoisotopic (exact) mass is 524 g/mol. The molecule has 1 atom stereocenters. The highest BCUT2D eigenvalue weighted by atomic mass is 127. The Morgan fingerprint density at radius 1 is 1.34 bits per heavy atom. The van der Waals surface area contributed by atoms with Crippen LogP contribution in [-0.4, -0.2) is 52.4 Å². The highest BCUT2D eigenvalue weighted by Crippen LogP contribution is 2.24. The number of hydrogen-bond donors (Lipinski definition) is 1. The van der Waals surface area contributed by atoms with Crippen molar-refractivity contribution in [3.63, 3.8) is 0 Å². The Labute approximate surface area is 191 Å². The minimum atomic E-state index is 0. The molecule has 1 unspecified atom stereocenters. The number of aryl methyl sites for hydroxylation is 1. The third-order valence-corrected chi connectivity index (χ3v) is 5.61. The highest BCUT2D eigenvalue weighted by molar-refractivity contribution is 14.0. The molecular weight excluding hydrogens is 499 g/mol. The van der Waals surface area contributed by atoms with Gasteiger partial charge in [0.15, 0.2) is 5.96 Å². The fourth-order valence-corrected chi connectivity index (χ4v) is 4.08. The van der Waals surface area contributed by atoms with Crippen molar-refractivity contribution in [2.45, 2.75) is 12.6 Å². The molecule has 0 aliphatic carbocycles. The molecule has 9 heteroatoms. The lowest BCUT2D eigenvalue weighted by Crippen LogP contribution is -2.47. The van der Waals surface area contributed by atoms with Crippen molar-refractivity contribution < 1.29 is 4.74 Å². The molecule has 0 radical (unpaired) electrons. The van der Waals surface area contributed by atoms with Gasteiger partial charge in [-0.1, -0.05) is 30.3 Å². The van der Waals surface area contributed by atoms with Crippen molar-refractivity contribution in [3.8, 4) is 10.6 Å². The Morgan fingerprint density at radius 2 is 2.17 bits per heavy atom. The van der Waals surface area contributed by atoms with E-state index in [-0.39, 0.29) is 30.1 Å². The summed E-state index contributed by atoms with van der Waals surface area (Å²) in [6.07, 6.45) is 3.88. The normalized spacial score (nSPS) is 17.1. The van der Waals surface area contributed by atoms with Gasteiger partial charge in [-0.2, -0.15) is 5.10 Å². The highest BCUT2D eigenvalue weighted by Gasteiger charge is 2.25. The van der Waals surface area contributed by atoms with Crippen LogP contribution < -0.4 is 5.32 Å². The Hall–Kier alpha value is -1.98. The lowest BCUT2D eigenvalue weighted by molar-refractivity contribution is -0.00805. The van der Waals surface area contributed by atoms with E-state index >= 15 is 0 Å². The minimum absolute atomic E-state index is 0. The van der Waals surface area contributed by atoms with Gasteiger partial charge < -0.3 is 15.0 Å². The molecule has 0 spiro atoms. The second-order valence-electron chi connectivity index (χ2n) is 6.66. The van der Waals surface area contributed by atoms with E-state index in [9.17, 15) is 0 Å². The number of benzene rings is 1. The van der Waals surface area contributed by atoms with Crippen LogP contribution in [0.1, 0.15) is 17.4 Å². The summed E-state index contributed by atoms with van der Waals surface area (Å²) < 4.78 is 7.73. The summed E-state index contributed by atoms with van der Waals surface area (Å²) in [4.78, 5) is 11.4. The molecule has 2 aromatic heterocycles. The van der Waals surface area contributed by atoms with E-state index in [2.05, 4.69) is 37.8 Å². The summed E-state index contributed by atoms with van der Waals surface area (Å²) in [7, 11) is 3.73. The van der Waals surface area contributed by atoms with Crippen molar-refractivity contribution in [2.75, 3.05) is 26.7 Å². The quantitative estimate of drug-likeness (QED) is 0.323. The number of guanidine groups is 1. The van der Waals surface area contributed by atoms with Crippen LogP contribution in [0.4, 0.5) is 0 Å². The maximum Gasteiger partial charge on any atom is 0.194 e. The molecule has 7 nitrogen and oxygen atoms in total. The van der Waals surface area contributed by atoms with Gasteiger partial charge in [0.05, 0.1) is 31.6 Å². The Bertz CT molecular complexity index is 941. The van der Waals surface area contributed by atoms with Gasteiger partial charge in [0.1, 0.15) is 11.1 Å². The van der Waals surface area contributed by atoms with Crippen LogP contribution in [0.15, 0.2) is 53.1 Å². The largest absolute Gasteiger partial charge is 0.370 e. The van der Waals surface area contributed by atoms with Crippen LogP contribution in [0.25, 0.3) is 10.6 Å². The fraction of sp³-hybridized carbons (Fsp3) is 0.350. The number of thiazole rings is 1. The van der Waals surface area contributed by atoms with E-state index in [0.717, 1.165) is 40.9 Å². The van der Waals surface area contributed by atoms with Crippen LogP contribution in [0.2, 0.25) is 0 Å². The SMILES string of the molecule is CN=C(NCc1csc(-c2ccccc2)n1)N1CCOC(c2cnn(C)c2)C1.I. The first kappa shape index (κ1) is 21.7. The van der Waals surface area contributed by atoms with E-state index in [0.29, 0.717) is 13.2 Å². The van der Waals surface area contributed by atoms with Crippen molar-refractivity contribution in [2.24, 2.45) is 12.0 Å². The molecule has 1 aromatic carbocycles. The molecule has 1 aliphatic rings. The van der Waals surface area contributed by atoms with Gasteiger partial charge >= 0.3 is 0 Å². The lowest BCUT2D eigenvalue weighted by Gasteiger charge is -2.34. The van der Waals surface area contributed by atoms with Gasteiger partial charge in [0.2, 0.25) is 0 Å². The van der Waals surface area contributed by atoms with Crippen LogP contribution in [0, 0.1) is 0 Å². The first-order valence-electron chi connectivity index (χ1n) is 9.28. The zero-order valence-corrected chi connectivity index (χ0v) is 19.6. The molecule has 1 fully saturated rings. The second-order valence-corrected chi connectivity index (χ2v) is 7.52. The van der Waals surface area contributed by atoms with Crippen LogP contribution >= 0.6 is 35.3 Å². The summed E-state index contributed by atoms with van der Waals surface area (Å²) in [5, 5.41) is 10.8. The molecule has 154 valence electrons. The van der Waals surface area contributed by atoms with Crippen LogP contribution in [0.3, 0.4) is 0 Å². The molecule has 1 N–H and O–H groups in total. The minimum Gasteiger partial charge on any atom is -0.370 e. The summed E-state index contributed by atoms with van der Waals surface area (Å²) in [5.41, 5.74) is 3.26. The van der Waals surface area contributed by atoms with Crippen molar-refractivity contribution in [3.05, 3.63) is 59.4 Å². The predicted molar refractivity (Wildman–Crippen MR) is 127 cm³/mol. The first-order chi connectivity index (χ1) is 13.7. The number of halogens is 1. The van der Waals surface area contributed by atoms with Crippen molar-refractivity contribution >= 4 is 41.3 Å². The maximum absolute atomic E-state index is 5.93. The van der Waals surface area contributed by atoms with E-state index in [1.807, 2.05) is 44.7 Å². The van der Waals surface area contributed by atoms with Gasteiger partial charge in [0.25, 0.3) is 0 Å². The van der Waals surface area contributed by atoms with E-state index in [4.69, 9.17) is 9.72 Å². The maximum atomic E-state index is 5.93. The summed E-state index contributed by atoms with van der Waals surface area (Å²) in [6, 6.07) is 10.3. The number of ether oxygens (including phenoxy) is 1.